The van der Waals surface area contributed by atoms with Crippen LogP contribution in [0, 0.1) is 6.92 Å². The van der Waals surface area contributed by atoms with Gasteiger partial charge in [-0.1, -0.05) is 6.07 Å². The van der Waals surface area contributed by atoms with Crippen molar-refractivity contribution in [3.63, 3.8) is 0 Å². The lowest BCUT2D eigenvalue weighted by Crippen LogP contribution is -2.17. The second kappa shape index (κ2) is 5.12. The number of aromatic nitrogens is 2. The Morgan fingerprint density at radius 3 is 2.57 bits per heavy atom. The lowest BCUT2D eigenvalue weighted by atomic mass is 10.1. The highest BCUT2D eigenvalue weighted by Crippen LogP contribution is 2.35. The maximum atomic E-state index is 12.8. The number of para-hydroxylation sites is 1. The number of anilines is 2. The van der Waals surface area contributed by atoms with Gasteiger partial charge in [-0.05, 0) is 19.1 Å². The molecule has 21 heavy (non-hydrogen) atoms. The van der Waals surface area contributed by atoms with Gasteiger partial charge in [0.15, 0.2) is 0 Å². The number of rotatable bonds is 2. The van der Waals surface area contributed by atoms with Gasteiger partial charge in [-0.25, -0.2) is 0 Å². The van der Waals surface area contributed by atoms with Crippen LogP contribution in [0.15, 0.2) is 24.4 Å². The molecule has 0 aliphatic heterocycles. The molecule has 112 valence electrons. The summed E-state index contributed by atoms with van der Waals surface area (Å²) in [4.78, 5) is 12.1. The molecule has 0 saturated heterocycles. The molecule has 1 aromatic heterocycles. The van der Waals surface area contributed by atoms with Crippen molar-refractivity contribution >= 4 is 17.3 Å². The molecule has 0 aliphatic carbocycles. The van der Waals surface area contributed by atoms with E-state index < -0.39 is 23.3 Å². The number of aryl methyl sites for hydroxylation is 2. The average Bonchev–Trinajstić information content (AvgIpc) is 2.66. The first-order valence-electron chi connectivity index (χ1n) is 5.97. The zero-order valence-corrected chi connectivity index (χ0v) is 11.3. The van der Waals surface area contributed by atoms with Gasteiger partial charge in [-0.15, -0.1) is 0 Å². The maximum absolute atomic E-state index is 12.8. The molecule has 2 aromatic rings. The Balaban J connectivity index is 2.34. The molecule has 0 atom stereocenters. The number of halogens is 3. The van der Waals surface area contributed by atoms with Crippen LogP contribution in [0.2, 0.25) is 0 Å². The van der Waals surface area contributed by atoms with Gasteiger partial charge < -0.3 is 11.1 Å². The molecule has 0 spiro atoms. The topological polar surface area (TPSA) is 72.9 Å². The van der Waals surface area contributed by atoms with Gasteiger partial charge >= 0.3 is 6.18 Å². The highest BCUT2D eigenvalue weighted by atomic mass is 19.4. The molecule has 0 fully saturated rings. The molecule has 1 amide bonds. The molecule has 0 bridgehead atoms. The zero-order chi connectivity index (χ0) is 15.8. The number of nitrogens with one attached hydrogen (secondary N) is 1. The van der Waals surface area contributed by atoms with E-state index in [1.807, 2.05) is 0 Å². The van der Waals surface area contributed by atoms with Crippen LogP contribution in [0.4, 0.5) is 24.5 Å². The van der Waals surface area contributed by atoms with E-state index in [0.29, 0.717) is 11.4 Å². The highest BCUT2D eigenvalue weighted by molar-refractivity contribution is 6.08. The second-order valence-corrected chi connectivity index (χ2v) is 4.52. The third kappa shape index (κ3) is 2.99. The van der Waals surface area contributed by atoms with Crippen molar-refractivity contribution in [1.29, 1.82) is 0 Å². The fraction of sp³-hybridized carbons (Fsp3) is 0.231. The number of alkyl halides is 3. The summed E-state index contributed by atoms with van der Waals surface area (Å²) in [7, 11) is 1.67. The summed E-state index contributed by atoms with van der Waals surface area (Å²) >= 11 is 0. The van der Waals surface area contributed by atoms with Gasteiger partial charge in [0.2, 0.25) is 0 Å². The van der Waals surface area contributed by atoms with Crippen LogP contribution in [-0.4, -0.2) is 15.7 Å². The SMILES string of the molecule is Cc1nn(C)cc1NC(=O)c1cccc(C(F)(F)F)c1N. The van der Waals surface area contributed by atoms with Crippen LogP contribution in [0.3, 0.4) is 0 Å². The van der Waals surface area contributed by atoms with E-state index in [1.165, 1.54) is 10.7 Å². The molecule has 1 heterocycles. The summed E-state index contributed by atoms with van der Waals surface area (Å²) in [5.74, 6) is -0.713. The summed E-state index contributed by atoms with van der Waals surface area (Å²) in [6.45, 7) is 1.67. The smallest absolute Gasteiger partial charge is 0.398 e. The number of nitrogens with zero attached hydrogens (tertiary/aromatic N) is 2. The molecular weight excluding hydrogens is 285 g/mol. The molecule has 0 saturated carbocycles. The van der Waals surface area contributed by atoms with Crippen molar-refractivity contribution in [2.24, 2.45) is 7.05 Å². The number of benzene rings is 1. The predicted molar refractivity (Wildman–Crippen MR) is 71.8 cm³/mol. The first kappa shape index (κ1) is 14.9. The number of hydrogen-bond donors (Lipinski definition) is 2. The predicted octanol–water partition coefficient (Wildman–Crippen LogP) is 2.58. The zero-order valence-electron chi connectivity index (χ0n) is 11.3. The standard InChI is InChI=1S/C13H13F3N4O/c1-7-10(6-20(2)19-7)18-12(21)8-4-3-5-9(11(8)17)13(14,15)16/h3-6H,17H2,1-2H3,(H,18,21). The third-order valence-corrected chi connectivity index (χ3v) is 2.92. The molecule has 3 N–H and O–H groups in total. The monoisotopic (exact) mass is 298 g/mol. The lowest BCUT2D eigenvalue weighted by Gasteiger charge is -2.13. The molecule has 8 heteroatoms. The van der Waals surface area contributed by atoms with Gasteiger partial charge in [0, 0.05) is 13.2 Å². The van der Waals surface area contributed by atoms with E-state index in [9.17, 15) is 18.0 Å². The van der Waals surface area contributed by atoms with Crippen molar-refractivity contribution in [1.82, 2.24) is 9.78 Å². The van der Waals surface area contributed by atoms with E-state index in [0.717, 1.165) is 12.1 Å². The number of amides is 1. The quantitative estimate of drug-likeness (QED) is 0.837. The Morgan fingerprint density at radius 1 is 1.38 bits per heavy atom. The Labute approximate surface area is 118 Å². The van der Waals surface area contributed by atoms with Crippen LogP contribution in [0.25, 0.3) is 0 Å². The molecule has 5 nitrogen and oxygen atoms in total. The molecular formula is C13H13F3N4O. The number of hydrogen-bond acceptors (Lipinski definition) is 3. The van der Waals surface area contributed by atoms with Crippen LogP contribution in [0.5, 0.6) is 0 Å². The first-order chi connectivity index (χ1) is 9.70. The Kier molecular flexibility index (Phi) is 3.63. The summed E-state index contributed by atoms with van der Waals surface area (Å²) in [5.41, 5.74) is 4.58. The number of carbonyl (C=O) groups excluding carboxylic acids is 1. The largest absolute Gasteiger partial charge is 0.418 e. The van der Waals surface area contributed by atoms with E-state index in [-0.39, 0.29) is 5.56 Å². The summed E-state index contributed by atoms with van der Waals surface area (Å²) in [6.07, 6.45) is -3.05. The van der Waals surface area contributed by atoms with Gasteiger partial charge in [0.1, 0.15) is 0 Å². The summed E-state index contributed by atoms with van der Waals surface area (Å²) in [5, 5.41) is 6.52. The lowest BCUT2D eigenvalue weighted by molar-refractivity contribution is -0.136. The van der Waals surface area contributed by atoms with Crippen LogP contribution >= 0.6 is 0 Å². The van der Waals surface area contributed by atoms with E-state index in [1.54, 1.807) is 20.2 Å². The fourth-order valence-corrected chi connectivity index (χ4v) is 1.92. The van der Waals surface area contributed by atoms with E-state index >= 15 is 0 Å². The molecule has 0 unspecified atom stereocenters. The number of nitrogen functional groups attached to an aromatic ring is 1. The molecule has 1 aromatic carbocycles. The van der Waals surface area contributed by atoms with E-state index in [2.05, 4.69) is 10.4 Å². The van der Waals surface area contributed by atoms with Crippen molar-refractivity contribution in [3.8, 4) is 0 Å². The minimum Gasteiger partial charge on any atom is -0.398 e. The van der Waals surface area contributed by atoms with Crippen molar-refractivity contribution in [2.45, 2.75) is 13.1 Å². The van der Waals surface area contributed by atoms with Crippen LogP contribution in [0.1, 0.15) is 21.6 Å². The van der Waals surface area contributed by atoms with Crippen molar-refractivity contribution in [3.05, 3.63) is 41.2 Å². The first-order valence-corrected chi connectivity index (χ1v) is 5.97. The Bertz CT molecular complexity index is 691. The highest BCUT2D eigenvalue weighted by Gasteiger charge is 2.34. The van der Waals surface area contributed by atoms with Crippen LogP contribution in [-0.2, 0) is 13.2 Å². The van der Waals surface area contributed by atoms with Crippen LogP contribution < -0.4 is 11.1 Å². The van der Waals surface area contributed by atoms with Crippen molar-refractivity contribution < 1.29 is 18.0 Å². The summed E-state index contributed by atoms with van der Waals surface area (Å²) < 4.78 is 39.8. The molecule has 0 radical (unpaired) electrons. The third-order valence-electron chi connectivity index (χ3n) is 2.92. The minimum atomic E-state index is -4.61. The Morgan fingerprint density at radius 2 is 2.05 bits per heavy atom. The van der Waals surface area contributed by atoms with Gasteiger partial charge in [-0.3, -0.25) is 9.48 Å². The second-order valence-electron chi connectivity index (χ2n) is 4.52. The van der Waals surface area contributed by atoms with Crippen molar-refractivity contribution in [2.75, 3.05) is 11.1 Å². The number of nitrogens with two attached hydrogens (primary N) is 1. The number of carbonyl (C=O) groups is 1. The summed E-state index contributed by atoms with van der Waals surface area (Å²) in [6, 6.07) is 3.22. The van der Waals surface area contributed by atoms with Gasteiger partial charge in [-0.2, -0.15) is 18.3 Å². The average molecular weight is 298 g/mol. The normalized spacial score (nSPS) is 11.5. The minimum absolute atomic E-state index is 0.229. The molecule has 2 rings (SSSR count). The Hall–Kier alpha value is -2.51. The van der Waals surface area contributed by atoms with Gasteiger partial charge in [0.25, 0.3) is 5.91 Å². The fourth-order valence-electron chi connectivity index (χ4n) is 1.92. The maximum Gasteiger partial charge on any atom is 0.418 e. The van der Waals surface area contributed by atoms with E-state index in [4.69, 9.17) is 5.73 Å². The van der Waals surface area contributed by atoms with Gasteiger partial charge in [0.05, 0.1) is 28.2 Å². The molecule has 0 aliphatic rings.